The van der Waals surface area contributed by atoms with Gasteiger partial charge in [-0.15, -0.1) is 0 Å². The van der Waals surface area contributed by atoms with Crippen LogP contribution in [0.3, 0.4) is 0 Å². The minimum Gasteiger partial charge on any atom is -0.508 e. The van der Waals surface area contributed by atoms with Crippen LogP contribution in [0.4, 0.5) is 4.79 Å². The maximum absolute atomic E-state index is 11.8. The fraction of sp³-hybridized carbons (Fsp3) is 0.462. The van der Waals surface area contributed by atoms with Crippen LogP contribution in [0.5, 0.6) is 5.75 Å². The lowest BCUT2D eigenvalue weighted by molar-refractivity contribution is 0.0586. The summed E-state index contributed by atoms with van der Waals surface area (Å²) in [4.78, 5) is 13.3. The molecule has 2 rings (SSSR count). The lowest BCUT2D eigenvalue weighted by Crippen LogP contribution is -2.30. The Labute approximate surface area is 106 Å². The maximum atomic E-state index is 11.8. The molecule has 0 bridgehead atoms. The minimum absolute atomic E-state index is 0.125. The number of carbonyl (C=O) groups excluding carboxylic acids is 1. The first-order valence-electron chi connectivity index (χ1n) is 5.92. The van der Waals surface area contributed by atoms with Crippen LogP contribution < -0.4 is 0 Å². The van der Waals surface area contributed by atoms with Gasteiger partial charge >= 0.3 is 6.09 Å². The molecule has 1 heterocycles. The molecule has 1 saturated heterocycles. The Morgan fingerprint density at radius 1 is 1.50 bits per heavy atom. The average Bonchev–Trinajstić information content (AvgIpc) is 2.85. The van der Waals surface area contributed by atoms with Gasteiger partial charge in [0.2, 0.25) is 0 Å². The molecule has 0 radical (unpaired) electrons. The van der Waals surface area contributed by atoms with E-state index < -0.39 is 0 Å². The number of rotatable bonds is 3. The lowest BCUT2D eigenvalue weighted by atomic mass is 10.2. The molecule has 0 spiro atoms. The van der Waals surface area contributed by atoms with Gasteiger partial charge < -0.3 is 19.5 Å². The van der Waals surface area contributed by atoms with Gasteiger partial charge in [0.05, 0.1) is 13.2 Å². The summed E-state index contributed by atoms with van der Waals surface area (Å²) < 4.78 is 10.4. The second-order valence-electron chi connectivity index (χ2n) is 4.39. The number of hydrogen-bond donors (Lipinski definition) is 1. The number of nitrogens with zero attached hydrogens (tertiary/aromatic N) is 1. The predicted molar refractivity (Wildman–Crippen MR) is 65.3 cm³/mol. The molecular formula is C13H17NO4. The molecule has 0 saturated carbocycles. The van der Waals surface area contributed by atoms with Gasteiger partial charge in [0, 0.05) is 20.0 Å². The molecule has 98 valence electrons. The number of carbonyl (C=O) groups is 1. The molecule has 18 heavy (non-hydrogen) atoms. The summed E-state index contributed by atoms with van der Waals surface area (Å²) in [7, 11) is 1.69. The predicted octanol–water partition coefficient (Wildman–Crippen LogP) is 1.75. The first-order valence-corrected chi connectivity index (χ1v) is 5.92. The van der Waals surface area contributed by atoms with Crippen LogP contribution in [0.25, 0.3) is 0 Å². The van der Waals surface area contributed by atoms with Crippen molar-refractivity contribution in [3.8, 4) is 5.75 Å². The first-order chi connectivity index (χ1) is 8.65. The Kier molecular flexibility index (Phi) is 4.04. The molecule has 0 aromatic heterocycles. The third-order valence-corrected chi connectivity index (χ3v) is 2.82. The van der Waals surface area contributed by atoms with Crippen LogP contribution in [-0.4, -0.2) is 42.5 Å². The normalized spacial score (nSPS) is 18.6. The van der Waals surface area contributed by atoms with E-state index in [1.165, 1.54) is 4.90 Å². The van der Waals surface area contributed by atoms with E-state index in [-0.39, 0.29) is 17.9 Å². The molecular weight excluding hydrogens is 234 g/mol. The van der Waals surface area contributed by atoms with Crippen LogP contribution >= 0.6 is 0 Å². The summed E-state index contributed by atoms with van der Waals surface area (Å²) in [6, 6.07) is 6.74. The Morgan fingerprint density at radius 3 is 2.83 bits per heavy atom. The van der Waals surface area contributed by atoms with Gasteiger partial charge in [0.25, 0.3) is 0 Å². The smallest absolute Gasteiger partial charge is 0.410 e. The number of phenols is 1. The largest absolute Gasteiger partial charge is 0.508 e. The first kappa shape index (κ1) is 12.7. The molecule has 1 atom stereocenters. The zero-order valence-electron chi connectivity index (χ0n) is 10.3. The third kappa shape index (κ3) is 3.37. The zero-order chi connectivity index (χ0) is 13.0. The third-order valence-electron chi connectivity index (χ3n) is 2.82. The summed E-state index contributed by atoms with van der Waals surface area (Å²) in [5.41, 5.74) is 0.940. The second-order valence-corrected chi connectivity index (χ2v) is 4.39. The summed E-state index contributed by atoms with van der Waals surface area (Å²) >= 11 is 0. The van der Waals surface area contributed by atoms with E-state index in [9.17, 15) is 9.90 Å². The second kappa shape index (κ2) is 5.73. The minimum atomic E-state index is -0.349. The van der Waals surface area contributed by atoms with Crippen molar-refractivity contribution < 1.29 is 19.4 Å². The number of hydrogen-bond acceptors (Lipinski definition) is 4. The highest BCUT2D eigenvalue weighted by atomic mass is 16.6. The SMILES string of the molecule is CN(Cc1ccc(O)cc1)C(=O)O[C@H]1CCOC1. The fourth-order valence-electron chi connectivity index (χ4n) is 1.78. The molecule has 0 unspecified atom stereocenters. The van der Waals surface area contributed by atoms with Crippen LogP contribution in [-0.2, 0) is 16.0 Å². The van der Waals surface area contributed by atoms with Crippen LogP contribution in [0.15, 0.2) is 24.3 Å². The van der Waals surface area contributed by atoms with Gasteiger partial charge in [-0.1, -0.05) is 12.1 Å². The van der Waals surface area contributed by atoms with Crippen molar-refractivity contribution in [2.24, 2.45) is 0 Å². The fourth-order valence-corrected chi connectivity index (χ4v) is 1.78. The van der Waals surface area contributed by atoms with Gasteiger partial charge in [0.1, 0.15) is 11.9 Å². The number of benzene rings is 1. The van der Waals surface area contributed by atoms with Crippen molar-refractivity contribution in [3.63, 3.8) is 0 Å². The van der Waals surface area contributed by atoms with E-state index in [0.717, 1.165) is 12.0 Å². The Morgan fingerprint density at radius 2 is 2.22 bits per heavy atom. The highest BCUT2D eigenvalue weighted by Crippen LogP contribution is 2.13. The Bertz CT molecular complexity index is 398. The molecule has 1 fully saturated rings. The molecule has 5 heteroatoms. The van der Waals surface area contributed by atoms with E-state index in [1.54, 1.807) is 31.3 Å². The van der Waals surface area contributed by atoms with Crippen molar-refractivity contribution in [2.75, 3.05) is 20.3 Å². The highest BCUT2D eigenvalue weighted by molar-refractivity contribution is 5.67. The topological polar surface area (TPSA) is 59.0 Å². The van der Waals surface area contributed by atoms with Crippen molar-refractivity contribution in [1.82, 2.24) is 4.90 Å². The number of amides is 1. The van der Waals surface area contributed by atoms with Crippen molar-refractivity contribution in [2.45, 2.75) is 19.1 Å². The van der Waals surface area contributed by atoms with Gasteiger partial charge in [-0.3, -0.25) is 0 Å². The van der Waals surface area contributed by atoms with Crippen molar-refractivity contribution in [1.29, 1.82) is 0 Å². The highest BCUT2D eigenvalue weighted by Gasteiger charge is 2.21. The van der Waals surface area contributed by atoms with Gasteiger partial charge in [-0.25, -0.2) is 4.79 Å². The van der Waals surface area contributed by atoms with Crippen LogP contribution in [0.1, 0.15) is 12.0 Å². The molecule has 1 aliphatic rings. The van der Waals surface area contributed by atoms with Gasteiger partial charge in [-0.05, 0) is 17.7 Å². The lowest BCUT2D eigenvalue weighted by Gasteiger charge is -2.19. The molecule has 1 aliphatic heterocycles. The van der Waals surface area contributed by atoms with Gasteiger partial charge in [0.15, 0.2) is 0 Å². The number of phenolic OH excluding ortho intramolecular Hbond substituents is 1. The van der Waals surface area contributed by atoms with E-state index in [0.29, 0.717) is 19.8 Å². The van der Waals surface area contributed by atoms with Crippen molar-refractivity contribution in [3.05, 3.63) is 29.8 Å². The van der Waals surface area contributed by atoms with Crippen molar-refractivity contribution >= 4 is 6.09 Å². The maximum Gasteiger partial charge on any atom is 0.410 e. The quantitative estimate of drug-likeness (QED) is 0.889. The average molecular weight is 251 g/mol. The van der Waals surface area contributed by atoms with Gasteiger partial charge in [-0.2, -0.15) is 0 Å². The van der Waals surface area contributed by atoms with E-state index >= 15 is 0 Å². The van der Waals surface area contributed by atoms with Crippen LogP contribution in [0.2, 0.25) is 0 Å². The Balaban J connectivity index is 1.84. The zero-order valence-corrected chi connectivity index (χ0v) is 10.3. The molecule has 1 aromatic carbocycles. The summed E-state index contributed by atoms with van der Waals surface area (Å²) in [5, 5.41) is 9.17. The molecule has 5 nitrogen and oxygen atoms in total. The molecule has 0 aliphatic carbocycles. The van der Waals surface area contributed by atoms with E-state index in [1.807, 2.05) is 0 Å². The number of aromatic hydroxyl groups is 1. The van der Waals surface area contributed by atoms with Crippen LogP contribution in [0, 0.1) is 0 Å². The summed E-state index contributed by atoms with van der Waals surface area (Å²) in [6.07, 6.45) is 0.289. The molecule has 1 amide bonds. The monoisotopic (exact) mass is 251 g/mol. The Hall–Kier alpha value is -1.75. The summed E-state index contributed by atoms with van der Waals surface area (Å²) in [6.45, 7) is 1.59. The number of ether oxygens (including phenoxy) is 2. The standard InChI is InChI=1S/C13H17NO4/c1-14(8-10-2-4-11(15)5-3-10)13(16)18-12-6-7-17-9-12/h2-5,12,15H,6-9H2,1H3/t12-/m0/s1. The summed E-state index contributed by atoms with van der Waals surface area (Å²) in [5.74, 6) is 0.215. The van der Waals surface area contributed by atoms with E-state index in [2.05, 4.69) is 0 Å². The molecule has 1 N–H and O–H groups in total. The molecule has 1 aromatic rings. The van der Waals surface area contributed by atoms with E-state index in [4.69, 9.17) is 9.47 Å².